The normalized spacial score (nSPS) is 10.7. The first kappa shape index (κ1) is 19.8. The molecule has 0 spiro atoms. The minimum Gasteiger partial charge on any atom is -0.490 e. The van der Waals surface area contributed by atoms with Crippen molar-refractivity contribution in [3.05, 3.63) is 23.8 Å². The molecular weight excluding hydrogens is 288 g/mol. The van der Waals surface area contributed by atoms with Gasteiger partial charge >= 0.3 is 0 Å². The van der Waals surface area contributed by atoms with Crippen molar-refractivity contribution in [1.82, 2.24) is 0 Å². The van der Waals surface area contributed by atoms with Gasteiger partial charge in [-0.3, -0.25) is 0 Å². The molecule has 3 heteroatoms. The third-order valence-corrected chi connectivity index (χ3v) is 3.92. The molecule has 1 N–H and O–H groups in total. The van der Waals surface area contributed by atoms with Gasteiger partial charge in [-0.2, -0.15) is 0 Å². The topological polar surface area (TPSA) is 38.7 Å². The van der Waals surface area contributed by atoms with E-state index in [1.165, 1.54) is 38.5 Å². The van der Waals surface area contributed by atoms with Gasteiger partial charge in [-0.15, -0.1) is 0 Å². The highest BCUT2D eigenvalue weighted by atomic mass is 16.5. The van der Waals surface area contributed by atoms with Gasteiger partial charge in [-0.25, -0.2) is 0 Å². The zero-order chi connectivity index (χ0) is 16.8. The summed E-state index contributed by atoms with van der Waals surface area (Å²) in [5.41, 5.74) is 1.09. The van der Waals surface area contributed by atoms with Crippen LogP contribution < -0.4 is 9.47 Å². The Balaban J connectivity index is 2.52. The molecule has 0 aliphatic carbocycles. The second-order valence-electron chi connectivity index (χ2n) is 6.07. The van der Waals surface area contributed by atoms with Crippen LogP contribution in [0.15, 0.2) is 18.2 Å². The van der Waals surface area contributed by atoms with E-state index in [9.17, 15) is 0 Å². The van der Waals surface area contributed by atoms with E-state index in [4.69, 9.17) is 14.6 Å². The molecule has 0 amide bonds. The second-order valence-corrected chi connectivity index (χ2v) is 6.07. The molecule has 0 radical (unpaired) electrons. The summed E-state index contributed by atoms with van der Waals surface area (Å²) >= 11 is 0. The van der Waals surface area contributed by atoms with Crippen molar-refractivity contribution >= 4 is 0 Å². The molecule has 0 heterocycles. The minimum atomic E-state index is 0.160. The maximum atomic E-state index is 9.10. The van der Waals surface area contributed by atoms with E-state index < -0.39 is 0 Å². The Bertz CT molecular complexity index is 404. The van der Waals surface area contributed by atoms with E-state index in [1.807, 2.05) is 18.2 Å². The van der Waals surface area contributed by atoms with Crippen molar-refractivity contribution in [3.63, 3.8) is 0 Å². The molecule has 1 aromatic rings. The van der Waals surface area contributed by atoms with E-state index in [0.717, 1.165) is 43.1 Å². The van der Waals surface area contributed by atoms with Crippen LogP contribution in [-0.2, 0) is 6.42 Å². The first-order valence-electron chi connectivity index (χ1n) is 9.31. The van der Waals surface area contributed by atoms with Crippen molar-refractivity contribution in [3.8, 4) is 11.5 Å². The van der Waals surface area contributed by atoms with Crippen LogP contribution in [0.4, 0.5) is 0 Å². The maximum absolute atomic E-state index is 9.10. The highest BCUT2D eigenvalue weighted by Crippen LogP contribution is 2.29. The average molecular weight is 322 g/mol. The van der Waals surface area contributed by atoms with Crippen LogP contribution in [0.25, 0.3) is 0 Å². The summed E-state index contributed by atoms with van der Waals surface area (Å²) < 4.78 is 11.8. The lowest BCUT2D eigenvalue weighted by molar-refractivity contribution is 0.258. The van der Waals surface area contributed by atoms with Gasteiger partial charge in [-0.05, 0) is 37.0 Å². The predicted molar refractivity (Wildman–Crippen MR) is 96.5 cm³/mol. The Morgan fingerprint density at radius 2 is 1.39 bits per heavy atom. The van der Waals surface area contributed by atoms with Crippen molar-refractivity contribution in [2.75, 3.05) is 19.8 Å². The van der Waals surface area contributed by atoms with Gasteiger partial charge in [0, 0.05) is 6.61 Å². The van der Waals surface area contributed by atoms with Crippen molar-refractivity contribution in [2.45, 2.75) is 71.6 Å². The molecule has 1 aromatic carbocycles. The molecule has 3 nitrogen and oxygen atoms in total. The van der Waals surface area contributed by atoms with E-state index in [0.29, 0.717) is 6.42 Å². The van der Waals surface area contributed by atoms with Crippen LogP contribution in [0.3, 0.4) is 0 Å². The third kappa shape index (κ3) is 8.85. The number of aliphatic hydroxyl groups excluding tert-OH is 1. The van der Waals surface area contributed by atoms with Crippen molar-refractivity contribution < 1.29 is 14.6 Å². The molecule has 0 aliphatic rings. The van der Waals surface area contributed by atoms with Gasteiger partial charge in [0.1, 0.15) is 0 Å². The fraction of sp³-hybridized carbons (Fsp3) is 0.700. The summed E-state index contributed by atoms with van der Waals surface area (Å²) in [6.07, 6.45) is 10.2. The SMILES string of the molecule is CCCCCCOc1ccc(CCO)cc1OCCCCCC. The van der Waals surface area contributed by atoms with E-state index in [-0.39, 0.29) is 6.61 Å². The number of hydrogen-bond acceptors (Lipinski definition) is 3. The minimum absolute atomic E-state index is 0.160. The zero-order valence-corrected chi connectivity index (χ0v) is 15.0. The van der Waals surface area contributed by atoms with Crippen LogP contribution in [0, 0.1) is 0 Å². The first-order valence-corrected chi connectivity index (χ1v) is 9.31. The lowest BCUT2D eigenvalue weighted by atomic mass is 10.1. The lowest BCUT2D eigenvalue weighted by Gasteiger charge is -2.14. The largest absolute Gasteiger partial charge is 0.490 e. The Hall–Kier alpha value is -1.22. The average Bonchev–Trinajstić information content (AvgIpc) is 2.56. The lowest BCUT2D eigenvalue weighted by Crippen LogP contribution is -2.04. The maximum Gasteiger partial charge on any atom is 0.161 e. The zero-order valence-electron chi connectivity index (χ0n) is 15.0. The molecule has 0 bridgehead atoms. The van der Waals surface area contributed by atoms with Gasteiger partial charge < -0.3 is 14.6 Å². The number of benzene rings is 1. The summed E-state index contributed by atoms with van der Waals surface area (Å²) in [6.45, 7) is 6.06. The number of hydrogen-bond donors (Lipinski definition) is 1. The van der Waals surface area contributed by atoms with Gasteiger partial charge in [0.15, 0.2) is 11.5 Å². The number of ether oxygens (including phenoxy) is 2. The van der Waals surface area contributed by atoms with E-state index in [2.05, 4.69) is 13.8 Å². The highest BCUT2D eigenvalue weighted by molar-refractivity contribution is 5.43. The molecule has 0 aliphatic heterocycles. The molecule has 23 heavy (non-hydrogen) atoms. The number of aliphatic hydroxyl groups is 1. The summed E-state index contributed by atoms with van der Waals surface area (Å²) in [5.74, 6) is 1.65. The predicted octanol–water partition coefficient (Wildman–Crippen LogP) is 5.14. The monoisotopic (exact) mass is 322 g/mol. The summed E-state index contributed by atoms with van der Waals surface area (Å²) in [4.78, 5) is 0. The van der Waals surface area contributed by atoms with Gasteiger partial charge in [0.05, 0.1) is 13.2 Å². The van der Waals surface area contributed by atoms with Crippen LogP contribution in [-0.4, -0.2) is 24.9 Å². The van der Waals surface area contributed by atoms with E-state index in [1.54, 1.807) is 0 Å². The highest BCUT2D eigenvalue weighted by Gasteiger charge is 2.07. The molecule has 132 valence electrons. The molecule has 1 rings (SSSR count). The molecule has 0 atom stereocenters. The molecular formula is C20H34O3. The molecule has 0 saturated carbocycles. The molecule has 0 unspecified atom stereocenters. The Kier molecular flexibility index (Phi) is 11.4. The number of unbranched alkanes of at least 4 members (excludes halogenated alkanes) is 6. The van der Waals surface area contributed by atoms with E-state index >= 15 is 0 Å². The fourth-order valence-electron chi connectivity index (χ4n) is 2.49. The van der Waals surface area contributed by atoms with Gasteiger partial charge in [0.2, 0.25) is 0 Å². The standard InChI is InChI=1S/C20H34O3/c1-3-5-7-9-15-22-19-12-11-18(13-14-21)17-20(19)23-16-10-8-6-4-2/h11-12,17,21H,3-10,13-16H2,1-2H3. The Morgan fingerprint density at radius 1 is 0.783 bits per heavy atom. The summed E-state index contributed by atoms with van der Waals surface area (Å²) in [7, 11) is 0. The van der Waals surface area contributed by atoms with Gasteiger partial charge in [0.25, 0.3) is 0 Å². The van der Waals surface area contributed by atoms with Crippen LogP contribution >= 0.6 is 0 Å². The van der Waals surface area contributed by atoms with Crippen LogP contribution in [0.1, 0.15) is 70.8 Å². The molecule has 0 aromatic heterocycles. The smallest absolute Gasteiger partial charge is 0.161 e. The molecule has 0 saturated heterocycles. The van der Waals surface area contributed by atoms with Crippen molar-refractivity contribution in [2.24, 2.45) is 0 Å². The fourth-order valence-corrected chi connectivity index (χ4v) is 2.49. The summed E-state index contributed by atoms with van der Waals surface area (Å²) in [5, 5.41) is 9.10. The van der Waals surface area contributed by atoms with Crippen LogP contribution in [0.5, 0.6) is 11.5 Å². The Morgan fingerprint density at radius 3 is 1.96 bits per heavy atom. The third-order valence-electron chi connectivity index (χ3n) is 3.92. The number of rotatable bonds is 14. The van der Waals surface area contributed by atoms with Crippen molar-refractivity contribution in [1.29, 1.82) is 0 Å². The molecule has 0 fully saturated rings. The quantitative estimate of drug-likeness (QED) is 0.482. The first-order chi connectivity index (χ1) is 11.3. The Labute approximate surface area is 142 Å². The van der Waals surface area contributed by atoms with Crippen LogP contribution in [0.2, 0.25) is 0 Å². The van der Waals surface area contributed by atoms with Gasteiger partial charge in [-0.1, -0.05) is 58.4 Å². The summed E-state index contributed by atoms with van der Waals surface area (Å²) in [6, 6.07) is 6.01. The second kappa shape index (κ2) is 13.2.